The van der Waals surface area contributed by atoms with E-state index in [-0.39, 0.29) is 5.91 Å². The molecule has 6 nitrogen and oxygen atoms in total. The number of carboxylic acids is 1. The van der Waals surface area contributed by atoms with Crippen LogP contribution < -0.4 is 5.73 Å². The summed E-state index contributed by atoms with van der Waals surface area (Å²) in [6, 6.07) is 20.9. The smallest absolute Gasteiger partial charge is 0.326 e. The summed E-state index contributed by atoms with van der Waals surface area (Å²) in [6.45, 7) is 0.414. The van der Waals surface area contributed by atoms with Crippen molar-refractivity contribution in [3.63, 3.8) is 0 Å². The molecule has 5 rings (SSSR count). The maximum absolute atomic E-state index is 13.3. The number of benzene rings is 2. The summed E-state index contributed by atoms with van der Waals surface area (Å²) in [4.78, 5) is 32.2. The lowest BCUT2D eigenvalue weighted by Gasteiger charge is -2.20. The van der Waals surface area contributed by atoms with E-state index in [4.69, 9.17) is 10.7 Å². The highest BCUT2D eigenvalue weighted by molar-refractivity contribution is 7.21. The van der Waals surface area contributed by atoms with Crippen molar-refractivity contribution in [3.8, 4) is 22.4 Å². The van der Waals surface area contributed by atoms with Crippen molar-refractivity contribution >= 4 is 39.1 Å². The average molecular weight is 444 g/mol. The van der Waals surface area contributed by atoms with Crippen LogP contribution >= 0.6 is 11.3 Å². The third-order valence-corrected chi connectivity index (χ3v) is 6.93. The monoisotopic (exact) mass is 443 g/mol. The zero-order chi connectivity index (χ0) is 22.2. The number of carbonyl (C=O) groups is 2. The predicted molar refractivity (Wildman–Crippen MR) is 127 cm³/mol. The molecule has 1 fully saturated rings. The Morgan fingerprint density at radius 3 is 2.34 bits per heavy atom. The minimum absolute atomic E-state index is 0.337. The van der Waals surface area contributed by atoms with E-state index in [0.717, 1.165) is 27.8 Å². The molecule has 0 aliphatic carbocycles. The molecule has 3 heterocycles. The van der Waals surface area contributed by atoms with Gasteiger partial charge < -0.3 is 15.7 Å². The van der Waals surface area contributed by atoms with Crippen LogP contribution in [0.3, 0.4) is 0 Å². The molecule has 1 saturated heterocycles. The van der Waals surface area contributed by atoms with Gasteiger partial charge in [0.15, 0.2) is 0 Å². The number of nitrogen functional groups attached to an aromatic ring is 1. The second-order valence-electron chi connectivity index (χ2n) is 7.81. The first-order chi connectivity index (χ1) is 15.5. The van der Waals surface area contributed by atoms with E-state index in [0.29, 0.717) is 34.8 Å². The molecule has 4 aromatic rings. The molecular formula is C25H21N3O3S. The number of likely N-dealkylation sites (tertiary alicyclic amines) is 1. The Morgan fingerprint density at radius 2 is 1.69 bits per heavy atom. The maximum Gasteiger partial charge on any atom is 0.326 e. The summed E-state index contributed by atoms with van der Waals surface area (Å²) < 4.78 is 0. The third-order valence-electron chi connectivity index (χ3n) is 5.85. The van der Waals surface area contributed by atoms with E-state index in [1.165, 1.54) is 16.2 Å². The van der Waals surface area contributed by atoms with E-state index in [2.05, 4.69) is 0 Å². The van der Waals surface area contributed by atoms with Crippen molar-refractivity contribution < 1.29 is 14.7 Å². The summed E-state index contributed by atoms with van der Waals surface area (Å²) in [5.74, 6) is -1.32. The Balaban J connectivity index is 1.70. The van der Waals surface area contributed by atoms with Crippen molar-refractivity contribution in [2.24, 2.45) is 0 Å². The van der Waals surface area contributed by atoms with Crippen LogP contribution in [0.4, 0.5) is 5.69 Å². The molecule has 0 saturated carbocycles. The van der Waals surface area contributed by atoms with E-state index in [9.17, 15) is 14.7 Å². The van der Waals surface area contributed by atoms with Gasteiger partial charge in [-0.3, -0.25) is 4.79 Å². The van der Waals surface area contributed by atoms with Crippen molar-refractivity contribution in [1.82, 2.24) is 9.88 Å². The molecule has 1 aliphatic heterocycles. The minimum Gasteiger partial charge on any atom is -0.480 e. The summed E-state index contributed by atoms with van der Waals surface area (Å²) in [7, 11) is 0. The number of aromatic nitrogens is 1. The highest BCUT2D eigenvalue weighted by Gasteiger charge is 2.36. The Labute approximate surface area is 188 Å². The lowest BCUT2D eigenvalue weighted by atomic mass is 9.99. The molecule has 1 amide bonds. The van der Waals surface area contributed by atoms with Gasteiger partial charge >= 0.3 is 5.97 Å². The number of aliphatic carboxylic acids is 1. The molecule has 0 unspecified atom stereocenters. The van der Waals surface area contributed by atoms with Crippen LogP contribution in [0.5, 0.6) is 0 Å². The van der Waals surface area contributed by atoms with E-state index >= 15 is 0 Å². The molecule has 32 heavy (non-hydrogen) atoms. The molecule has 3 N–H and O–H groups in total. The Morgan fingerprint density at radius 1 is 1.03 bits per heavy atom. The van der Waals surface area contributed by atoms with Gasteiger partial charge in [-0.05, 0) is 30.0 Å². The van der Waals surface area contributed by atoms with Gasteiger partial charge in [0, 0.05) is 17.5 Å². The SMILES string of the molecule is Nc1c(C(=O)N2CCC[C@H]2C(=O)O)sc2nc(-c3ccccc3)cc(-c3ccccc3)c12. The van der Waals surface area contributed by atoms with Gasteiger partial charge in [-0.2, -0.15) is 0 Å². The van der Waals surface area contributed by atoms with Crippen molar-refractivity contribution in [2.75, 3.05) is 12.3 Å². The summed E-state index contributed by atoms with van der Waals surface area (Å²) in [5.41, 5.74) is 10.5. The van der Waals surface area contributed by atoms with E-state index < -0.39 is 12.0 Å². The first-order valence-electron chi connectivity index (χ1n) is 10.4. The van der Waals surface area contributed by atoms with E-state index in [1.807, 2.05) is 66.7 Å². The quantitative estimate of drug-likeness (QED) is 0.468. The second kappa shape index (κ2) is 8.09. The third kappa shape index (κ3) is 3.40. The minimum atomic E-state index is -0.981. The second-order valence-corrected chi connectivity index (χ2v) is 8.81. The largest absolute Gasteiger partial charge is 0.480 e. The summed E-state index contributed by atoms with van der Waals surface area (Å²) in [5, 5.41) is 10.2. The van der Waals surface area contributed by atoms with Crippen LogP contribution in [-0.4, -0.2) is 39.5 Å². The number of rotatable bonds is 4. The van der Waals surface area contributed by atoms with Crippen LogP contribution in [0.2, 0.25) is 0 Å². The number of amides is 1. The van der Waals surface area contributed by atoms with Gasteiger partial charge in [0.05, 0.1) is 11.4 Å². The molecule has 2 aromatic carbocycles. The number of thiophene rings is 1. The Kier molecular flexibility index (Phi) is 5.11. The Bertz CT molecular complexity index is 1320. The van der Waals surface area contributed by atoms with Gasteiger partial charge in [-0.25, -0.2) is 9.78 Å². The number of carbonyl (C=O) groups excluding carboxylic acids is 1. The normalized spacial score (nSPS) is 15.9. The number of pyridine rings is 1. The number of fused-ring (bicyclic) bond motifs is 1. The van der Waals surface area contributed by atoms with Crippen LogP contribution in [0, 0.1) is 0 Å². The summed E-state index contributed by atoms with van der Waals surface area (Å²) in [6.07, 6.45) is 1.12. The van der Waals surface area contributed by atoms with Gasteiger partial charge in [0.1, 0.15) is 15.7 Å². The standard InChI is InChI=1S/C25H21N3O3S/c26-21-20-17(15-8-3-1-4-9-15)14-18(16-10-5-2-6-11-16)27-23(20)32-22(21)24(29)28-13-7-12-19(28)25(30)31/h1-6,8-11,14,19H,7,12-13,26H2,(H,30,31)/t19-/m0/s1. The lowest BCUT2D eigenvalue weighted by molar-refractivity contribution is -0.141. The molecule has 0 spiro atoms. The van der Waals surface area contributed by atoms with Gasteiger partial charge in [0.25, 0.3) is 5.91 Å². The maximum atomic E-state index is 13.3. The first kappa shape index (κ1) is 20.2. The first-order valence-corrected chi connectivity index (χ1v) is 11.2. The summed E-state index contributed by atoms with van der Waals surface area (Å²) >= 11 is 1.23. The fraction of sp³-hybridized carbons (Fsp3) is 0.160. The molecular weight excluding hydrogens is 422 g/mol. The number of nitrogens with two attached hydrogens (primary N) is 1. The molecule has 1 atom stereocenters. The predicted octanol–water partition coefficient (Wildman–Crippen LogP) is 4.90. The van der Waals surface area contributed by atoms with Crippen molar-refractivity contribution in [3.05, 3.63) is 71.6 Å². The molecule has 0 radical (unpaired) electrons. The van der Waals surface area contributed by atoms with Crippen LogP contribution in [0.1, 0.15) is 22.5 Å². The number of nitrogens with zero attached hydrogens (tertiary/aromatic N) is 2. The van der Waals surface area contributed by atoms with Crippen LogP contribution in [-0.2, 0) is 4.79 Å². The molecule has 2 aromatic heterocycles. The molecule has 160 valence electrons. The highest BCUT2D eigenvalue weighted by Crippen LogP contribution is 2.42. The fourth-order valence-corrected chi connectivity index (χ4v) is 5.35. The number of hydrogen-bond donors (Lipinski definition) is 2. The van der Waals surface area contributed by atoms with Crippen LogP contribution in [0.25, 0.3) is 32.6 Å². The molecule has 0 bridgehead atoms. The van der Waals surface area contributed by atoms with Gasteiger partial charge in [0.2, 0.25) is 0 Å². The number of hydrogen-bond acceptors (Lipinski definition) is 5. The van der Waals surface area contributed by atoms with Gasteiger partial charge in [-0.1, -0.05) is 60.7 Å². The number of anilines is 1. The average Bonchev–Trinajstić information content (AvgIpc) is 3.45. The topological polar surface area (TPSA) is 96.5 Å². The van der Waals surface area contributed by atoms with Gasteiger partial charge in [-0.15, -0.1) is 11.3 Å². The van der Waals surface area contributed by atoms with Crippen molar-refractivity contribution in [2.45, 2.75) is 18.9 Å². The molecule has 1 aliphatic rings. The van der Waals surface area contributed by atoms with Crippen molar-refractivity contribution in [1.29, 1.82) is 0 Å². The zero-order valence-electron chi connectivity index (χ0n) is 17.2. The number of carboxylic acid groups (broad SMARTS) is 1. The zero-order valence-corrected chi connectivity index (χ0v) is 18.0. The Hall–Kier alpha value is -3.71. The molecule has 7 heteroatoms. The van der Waals surface area contributed by atoms with Crippen LogP contribution in [0.15, 0.2) is 66.7 Å². The fourth-order valence-electron chi connectivity index (χ4n) is 4.28. The van der Waals surface area contributed by atoms with E-state index in [1.54, 1.807) is 0 Å². The highest BCUT2D eigenvalue weighted by atomic mass is 32.1. The lowest BCUT2D eigenvalue weighted by Crippen LogP contribution is -2.40.